The standard InChI is InChI=1S/C16H18N4O4/c1-10(2)24-16-12(5-4-6-17-16)8-19-15(21)14-7-13(20(22)23)9-18-11(14)3/h4-7,9-10H,8H2,1-3H3,(H,19,21). The molecule has 0 aromatic carbocycles. The number of nitrogens with one attached hydrogen (secondary N) is 1. The second-order valence-corrected chi connectivity index (χ2v) is 5.40. The molecule has 2 heterocycles. The summed E-state index contributed by atoms with van der Waals surface area (Å²) in [7, 11) is 0. The molecule has 0 aliphatic heterocycles. The number of amides is 1. The SMILES string of the molecule is Cc1ncc([N+](=O)[O-])cc1C(=O)NCc1cccnc1OC(C)C. The lowest BCUT2D eigenvalue weighted by atomic mass is 10.1. The monoisotopic (exact) mass is 330 g/mol. The number of aryl methyl sites for hydroxylation is 1. The normalized spacial score (nSPS) is 10.5. The molecule has 0 bridgehead atoms. The van der Waals surface area contributed by atoms with Gasteiger partial charge in [-0.2, -0.15) is 0 Å². The summed E-state index contributed by atoms with van der Waals surface area (Å²) in [4.78, 5) is 30.6. The molecule has 0 aliphatic carbocycles. The van der Waals surface area contributed by atoms with Crippen molar-refractivity contribution in [3.63, 3.8) is 0 Å². The zero-order valence-electron chi connectivity index (χ0n) is 13.6. The van der Waals surface area contributed by atoms with Crippen molar-refractivity contribution in [3.8, 4) is 5.88 Å². The van der Waals surface area contributed by atoms with Crippen molar-refractivity contribution < 1.29 is 14.5 Å². The molecule has 8 nitrogen and oxygen atoms in total. The Kier molecular flexibility index (Phi) is 5.41. The van der Waals surface area contributed by atoms with Crippen LogP contribution in [0.3, 0.4) is 0 Å². The van der Waals surface area contributed by atoms with Crippen molar-refractivity contribution in [1.82, 2.24) is 15.3 Å². The highest BCUT2D eigenvalue weighted by Gasteiger charge is 2.16. The Morgan fingerprint density at radius 3 is 2.83 bits per heavy atom. The Bertz CT molecular complexity index is 761. The zero-order chi connectivity index (χ0) is 17.7. The first kappa shape index (κ1) is 17.3. The van der Waals surface area contributed by atoms with Crippen LogP contribution in [0.4, 0.5) is 5.69 Å². The van der Waals surface area contributed by atoms with E-state index in [0.717, 1.165) is 11.8 Å². The molecule has 24 heavy (non-hydrogen) atoms. The van der Waals surface area contributed by atoms with Crippen LogP contribution in [0.15, 0.2) is 30.6 Å². The van der Waals surface area contributed by atoms with E-state index in [1.54, 1.807) is 25.3 Å². The zero-order valence-corrected chi connectivity index (χ0v) is 13.6. The maximum atomic E-state index is 12.3. The van der Waals surface area contributed by atoms with Crippen molar-refractivity contribution in [2.24, 2.45) is 0 Å². The second kappa shape index (κ2) is 7.49. The third-order valence-electron chi connectivity index (χ3n) is 3.16. The Hall–Kier alpha value is -3.03. The van der Waals surface area contributed by atoms with Gasteiger partial charge >= 0.3 is 0 Å². The number of hydrogen-bond donors (Lipinski definition) is 1. The van der Waals surface area contributed by atoms with Gasteiger partial charge in [0.05, 0.1) is 22.3 Å². The van der Waals surface area contributed by atoms with Crippen molar-refractivity contribution >= 4 is 11.6 Å². The van der Waals surface area contributed by atoms with E-state index in [0.29, 0.717) is 11.6 Å². The summed E-state index contributed by atoms with van der Waals surface area (Å²) in [6.07, 6.45) is 2.69. The Morgan fingerprint density at radius 2 is 2.17 bits per heavy atom. The van der Waals surface area contributed by atoms with Gasteiger partial charge in [0.15, 0.2) is 0 Å². The van der Waals surface area contributed by atoms with Crippen molar-refractivity contribution in [2.45, 2.75) is 33.4 Å². The number of aromatic nitrogens is 2. The molecule has 8 heteroatoms. The summed E-state index contributed by atoms with van der Waals surface area (Å²) in [6.45, 7) is 5.58. The highest BCUT2D eigenvalue weighted by atomic mass is 16.6. The summed E-state index contributed by atoms with van der Waals surface area (Å²) in [5.41, 5.74) is 1.08. The summed E-state index contributed by atoms with van der Waals surface area (Å²) in [6, 6.07) is 4.75. The molecule has 0 atom stereocenters. The van der Waals surface area contributed by atoms with Gasteiger partial charge in [0.2, 0.25) is 5.88 Å². The average molecular weight is 330 g/mol. The first-order valence-corrected chi connectivity index (χ1v) is 7.38. The Labute approximate surface area is 139 Å². The smallest absolute Gasteiger partial charge is 0.288 e. The first-order valence-electron chi connectivity index (χ1n) is 7.38. The van der Waals surface area contributed by atoms with Crippen LogP contribution in [0.1, 0.15) is 35.5 Å². The van der Waals surface area contributed by atoms with Gasteiger partial charge in [-0.1, -0.05) is 6.07 Å². The molecule has 0 saturated heterocycles. The molecular weight excluding hydrogens is 312 g/mol. The Morgan fingerprint density at radius 1 is 1.42 bits per heavy atom. The minimum Gasteiger partial charge on any atom is -0.475 e. The molecule has 1 amide bonds. The van der Waals surface area contributed by atoms with Crippen molar-refractivity contribution in [1.29, 1.82) is 0 Å². The number of ether oxygens (including phenoxy) is 1. The van der Waals surface area contributed by atoms with Crippen LogP contribution < -0.4 is 10.1 Å². The van der Waals surface area contributed by atoms with E-state index in [-0.39, 0.29) is 23.9 Å². The fourth-order valence-electron chi connectivity index (χ4n) is 2.01. The van der Waals surface area contributed by atoms with Crippen molar-refractivity contribution in [2.75, 3.05) is 0 Å². The lowest BCUT2D eigenvalue weighted by molar-refractivity contribution is -0.385. The molecule has 0 spiro atoms. The average Bonchev–Trinajstić information content (AvgIpc) is 2.53. The van der Waals surface area contributed by atoms with E-state index < -0.39 is 10.8 Å². The highest BCUT2D eigenvalue weighted by Crippen LogP contribution is 2.17. The fourth-order valence-corrected chi connectivity index (χ4v) is 2.01. The minimum atomic E-state index is -0.584. The van der Waals surface area contributed by atoms with Gasteiger partial charge in [-0.15, -0.1) is 0 Å². The molecule has 0 aliphatic rings. The van der Waals surface area contributed by atoms with E-state index in [1.165, 1.54) is 6.07 Å². The van der Waals surface area contributed by atoms with Gasteiger partial charge in [0, 0.05) is 24.4 Å². The molecule has 2 aromatic heterocycles. The van der Waals surface area contributed by atoms with E-state index in [9.17, 15) is 14.9 Å². The molecule has 0 unspecified atom stereocenters. The summed E-state index contributed by atoms with van der Waals surface area (Å²) >= 11 is 0. The van der Waals surface area contributed by atoms with Crippen molar-refractivity contribution in [3.05, 3.63) is 57.5 Å². The molecule has 0 radical (unpaired) electrons. The third-order valence-corrected chi connectivity index (χ3v) is 3.16. The van der Waals surface area contributed by atoms with Crippen LogP contribution >= 0.6 is 0 Å². The van der Waals surface area contributed by atoms with E-state index in [1.807, 2.05) is 13.8 Å². The largest absolute Gasteiger partial charge is 0.475 e. The fraction of sp³-hybridized carbons (Fsp3) is 0.312. The molecule has 2 rings (SSSR count). The maximum Gasteiger partial charge on any atom is 0.288 e. The summed E-state index contributed by atoms with van der Waals surface area (Å²) in [5.74, 6) is 0.00439. The minimum absolute atomic E-state index is 0.0439. The van der Waals surface area contributed by atoms with Crippen LogP contribution in [-0.4, -0.2) is 26.9 Å². The number of nitro groups is 1. The summed E-state index contributed by atoms with van der Waals surface area (Å²) in [5, 5.41) is 13.5. The molecular formula is C16H18N4O4. The molecule has 2 aromatic rings. The number of carbonyl (C=O) groups excluding carboxylic acids is 1. The van der Waals surface area contributed by atoms with Crippen LogP contribution in [0.5, 0.6) is 5.88 Å². The van der Waals surface area contributed by atoms with Crippen LogP contribution in [0, 0.1) is 17.0 Å². The lowest BCUT2D eigenvalue weighted by Gasteiger charge is -2.13. The van der Waals surface area contributed by atoms with Gasteiger partial charge in [-0.05, 0) is 26.8 Å². The van der Waals surface area contributed by atoms with Gasteiger partial charge in [-0.25, -0.2) is 4.98 Å². The highest BCUT2D eigenvalue weighted by molar-refractivity contribution is 5.95. The molecule has 0 fully saturated rings. The van der Waals surface area contributed by atoms with E-state index in [2.05, 4.69) is 15.3 Å². The Balaban J connectivity index is 2.14. The third kappa shape index (κ3) is 4.25. The predicted molar refractivity (Wildman–Crippen MR) is 86.8 cm³/mol. The van der Waals surface area contributed by atoms with Gasteiger partial charge in [0.1, 0.15) is 6.20 Å². The van der Waals surface area contributed by atoms with E-state index in [4.69, 9.17) is 4.74 Å². The second-order valence-electron chi connectivity index (χ2n) is 5.40. The summed E-state index contributed by atoms with van der Waals surface area (Å²) < 4.78 is 5.59. The van der Waals surface area contributed by atoms with Crippen LogP contribution in [0.25, 0.3) is 0 Å². The first-order chi connectivity index (χ1) is 11.4. The lowest BCUT2D eigenvalue weighted by Crippen LogP contribution is -2.24. The molecule has 126 valence electrons. The number of pyridine rings is 2. The quantitative estimate of drug-likeness (QED) is 0.644. The number of carbonyl (C=O) groups is 1. The number of rotatable bonds is 6. The predicted octanol–water partition coefficient (Wildman–Crippen LogP) is 2.41. The van der Waals surface area contributed by atoms with Crippen LogP contribution in [0.2, 0.25) is 0 Å². The van der Waals surface area contributed by atoms with Crippen LogP contribution in [-0.2, 0) is 6.54 Å². The van der Waals surface area contributed by atoms with Gasteiger partial charge < -0.3 is 10.1 Å². The van der Waals surface area contributed by atoms with E-state index >= 15 is 0 Å². The topological polar surface area (TPSA) is 107 Å². The molecule has 1 N–H and O–H groups in total. The number of nitrogens with zero attached hydrogens (tertiary/aromatic N) is 3. The van der Waals surface area contributed by atoms with Gasteiger partial charge in [0.25, 0.3) is 11.6 Å². The maximum absolute atomic E-state index is 12.3. The molecule has 0 saturated carbocycles. The van der Waals surface area contributed by atoms with Gasteiger partial charge in [-0.3, -0.25) is 19.9 Å². The number of hydrogen-bond acceptors (Lipinski definition) is 6.